The zero-order chi connectivity index (χ0) is 32.7. The fourth-order valence-electron chi connectivity index (χ4n) is 4.20. The normalized spacial score (nSPS) is 25.1. The summed E-state index contributed by atoms with van der Waals surface area (Å²) in [7, 11) is 0. The van der Waals surface area contributed by atoms with Crippen LogP contribution in [0.3, 0.4) is 0 Å². The molecule has 8 N–H and O–H groups in total. The number of nitrogens with one attached hydrogen (secondary N) is 4. The molecule has 0 saturated carbocycles. The lowest BCUT2D eigenvalue weighted by Gasteiger charge is -2.32. The van der Waals surface area contributed by atoms with Crippen LogP contribution in [0, 0.1) is 5.92 Å². The second-order valence-corrected chi connectivity index (χ2v) is 10.9. The second-order valence-electron chi connectivity index (χ2n) is 10.9. The van der Waals surface area contributed by atoms with E-state index in [2.05, 4.69) is 31.3 Å². The largest absolute Gasteiger partial charge is 0.370 e. The third-order valence-electron chi connectivity index (χ3n) is 6.87. The first-order valence-corrected chi connectivity index (χ1v) is 14.6. The van der Waals surface area contributed by atoms with E-state index in [1.807, 2.05) is 0 Å². The van der Waals surface area contributed by atoms with Crippen molar-refractivity contribution in [3.63, 3.8) is 0 Å². The summed E-state index contributed by atoms with van der Waals surface area (Å²) in [5.41, 5.74) is 9.95. The van der Waals surface area contributed by atoms with Gasteiger partial charge >= 0.3 is 0 Å². The first-order chi connectivity index (χ1) is 20.9. The molecule has 0 aliphatic carbocycles. The van der Waals surface area contributed by atoms with Gasteiger partial charge in [-0.1, -0.05) is 69.3 Å². The smallest absolute Gasteiger partial charge is 0.272 e. The molecule has 0 bridgehead atoms. The van der Waals surface area contributed by atoms with Crippen molar-refractivity contribution < 1.29 is 24.0 Å². The maximum Gasteiger partial charge on any atom is 0.272 e. The van der Waals surface area contributed by atoms with Gasteiger partial charge in [0.25, 0.3) is 5.91 Å². The summed E-state index contributed by atoms with van der Waals surface area (Å²) in [5, 5.41) is 11.0. The molecule has 44 heavy (non-hydrogen) atoms. The summed E-state index contributed by atoms with van der Waals surface area (Å²) < 4.78 is 0. The quantitative estimate of drug-likeness (QED) is 0.143. The highest BCUT2D eigenvalue weighted by Crippen LogP contribution is 2.17. The van der Waals surface area contributed by atoms with Gasteiger partial charge in [-0.2, -0.15) is 0 Å². The molecule has 0 saturated heterocycles. The minimum Gasteiger partial charge on any atom is -0.370 e. The zero-order valence-corrected chi connectivity index (χ0v) is 25.7. The number of rotatable bonds is 8. The van der Waals surface area contributed by atoms with E-state index in [0.29, 0.717) is 12.0 Å². The van der Waals surface area contributed by atoms with Gasteiger partial charge in [0.2, 0.25) is 23.6 Å². The Balaban J connectivity index is 2.51. The molecule has 2 rings (SSSR count). The molecule has 0 unspecified atom stereocenters. The standard InChI is InChI=1S/C31H44N8O5/c1-5-22-26(41)38-24(21-14-9-8-10-15-21)28(43)34-18-12-7-6-11-17-31(4,39-25(40)20(2)3)29(44)37-23(27(42)36-22)16-13-19-35-30(32)33/h6-12,14-15,18,20,22-24H,5,13,16-17,19H2,1-4H3,(H,36,42)(H,37,44)(H,38,41)(H,39,40)(H4,32,33,35)/b11-6-,12-7+,34-18?/t22-,23-,24+,31+/m0/s1. The van der Waals surface area contributed by atoms with Gasteiger partial charge in [0.05, 0.1) is 0 Å². The van der Waals surface area contributed by atoms with E-state index in [-0.39, 0.29) is 37.7 Å². The highest BCUT2D eigenvalue weighted by atomic mass is 16.2. The Morgan fingerprint density at radius 3 is 2.34 bits per heavy atom. The number of benzene rings is 1. The molecule has 0 spiro atoms. The highest BCUT2D eigenvalue weighted by Gasteiger charge is 2.37. The Bertz CT molecular complexity index is 1290. The lowest BCUT2D eigenvalue weighted by molar-refractivity contribution is -0.137. The van der Waals surface area contributed by atoms with Gasteiger partial charge in [-0.05, 0) is 44.2 Å². The van der Waals surface area contributed by atoms with Crippen LogP contribution in [0.25, 0.3) is 0 Å². The van der Waals surface area contributed by atoms with Crippen molar-refractivity contribution in [2.75, 3.05) is 6.54 Å². The van der Waals surface area contributed by atoms with Gasteiger partial charge in [0, 0.05) is 18.7 Å². The second kappa shape index (κ2) is 17.3. The fourth-order valence-corrected chi connectivity index (χ4v) is 4.20. The van der Waals surface area contributed by atoms with Crippen molar-refractivity contribution in [1.82, 2.24) is 21.3 Å². The summed E-state index contributed by atoms with van der Waals surface area (Å²) in [6, 6.07) is 5.43. The molecule has 1 heterocycles. The lowest BCUT2D eigenvalue weighted by atomic mass is 9.94. The van der Waals surface area contributed by atoms with Crippen LogP contribution >= 0.6 is 0 Å². The van der Waals surface area contributed by atoms with Crippen LogP contribution in [0.1, 0.15) is 65.0 Å². The number of allylic oxidation sites excluding steroid dienone is 3. The minimum absolute atomic E-state index is 0.0934. The molecule has 0 radical (unpaired) electrons. The topological polar surface area (TPSA) is 210 Å². The molecule has 238 valence electrons. The molecule has 1 aromatic rings. The Kier molecular flexibility index (Phi) is 13.9. The average molecular weight is 609 g/mol. The number of hydrogen-bond donors (Lipinski definition) is 6. The number of carbonyl (C=O) groups is 5. The number of nitrogens with two attached hydrogens (primary N) is 2. The van der Waals surface area contributed by atoms with Crippen molar-refractivity contribution >= 4 is 41.7 Å². The Morgan fingerprint density at radius 1 is 1.02 bits per heavy atom. The molecule has 5 amide bonds. The number of hydrogen-bond acceptors (Lipinski definition) is 6. The van der Waals surface area contributed by atoms with Crippen molar-refractivity contribution in [3.05, 3.63) is 60.2 Å². The third-order valence-corrected chi connectivity index (χ3v) is 6.87. The summed E-state index contributed by atoms with van der Waals surface area (Å²) >= 11 is 0. The number of aliphatic imine (C=N–C) groups is 2. The van der Waals surface area contributed by atoms with E-state index < -0.39 is 53.2 Å². The van der Waals surface area contributed by atoms with E-state index in [9.17, 15) is 24.0 Å². The Labute approximate surface area is 258 Å². The predicted molar refractivity (Wildman–Crippen MR) is 169 cm³/mol. The molecule has 0 aromatic heterocycles. The van der Waals surface area contributed by atoms with Gasteiger partial charge in [0.15, 0.2) is 5.96 Å². The molecule has 13 nitrogen and oxygen atoms in total. The van der Waals surface area contributed by atoms with Gasteiger partial charge in [-0.15, -0.1) is 0 Å². The predicted octanol–water partition coefficient (Wildman–Crippen LogP) is 0.922. The molecule has 0 fully saturated rings. The SMILES string of the molecule is CC[C@@H]1NC(=O)[C@H](CCCN=C(N)N)NC(=O)[C@](C)(NC(=O)C(C)C)C/C=C\C=C\C=NC(=O)[C@@H](c2ccccc2)NC1=O. The Morgan fingerprint density at radius 2 is 1.70 bits per heavy atom. The van der Waals surface area contributed by atoms with Crippen molar-refractivity contribution in [2.45, 2.75) is 77.0 Å². The first kappa shape index (κ1) is 35.4. The van der Waals surface area contributed by atoms with Crippen LogP contribution in [0.5, 0.6) is 0 Å². The van der Waals surface area contributed by atoms with Crippen LogP contribution in [-0.2, 0) is 24.0 Å². The highest BCUT2D eigenvalue weighted by molar-refractivity contribution is 5.98. The van der Waals surface area contributed by atoms with Crippen molar-refractivity contribution in [3.8, 4) is 0 Å². The molecule has 1 aromatic carbocycles. The summed E-state index contributed by atoms with van der Waals surface area (Å²) in [6.07, 6.45) is 8.55. The Hall–Kier alpha value is -4.81. The van der Waals surface area contributed by atoms with Crippen LogP contribution in [0.15, 0.2) is 64.6 Å². The monoisotopic (exact) mass is 608 g/mol. The third kappa shape index (κ3) is 11.1. The molecule has 4 atom stereocenters. The number of amides is 5. The van der Waals surface area contributed by atoms with E-state index in [1.54, 1.807) is 76.3 Å². The van der Waals surface area contributed by atoms with E-state index in [1.165, 1.54) is 12.3 Å². The first-order valence-electron chi connectivity index (χ1n) is 14.6. The molecular weight excluding hydrogens is 564 g/mol. The van der Waals surface area contributed by atoms with Gasteiger partial charge in [-0.25, -0.2) is 4.99 Å². The summed E-state index contributed by atoms with van der Waals surface area (Å²) in [4.78, 5) is 74.2. The zero-order valence-electron chi connectivity index (χ0n) is 25.7. The van der Waals surface area contributed by atoms with Crippen LogP contribution < -0.4 is 32.7 Å². The number of carbonyl (C=O) groups excluding carboxylic acids is 5. The van der Waals surface area contributed by atoms with Crippen LogP contribution in [0.2, 0.25) is 0 Å². The lowest BCUT2D eigenvalue weighted by Crippen LogP contribution is -2.61. The van der Waals surface area contributed by atoms with Gasteiger partial charge in [-0.3, -0.25) is 29.0 Å². The van der Waals surface area contributed by atoms with E-state index in [0.717, 1.165) is 0 Å². The van der Waals surface area contributed by atoms with Crippen molar-refractivity contribution in [1.29, 1.82) is 0 Å². The molecular formula is C31H44N8O5. The van der Waals surface area contributed by atoms with Crippen LogP contribution in [-0.4, -0.2) is 65.9 Å². The molecule has 13 heteroatoms. The van der Waals surface area contributed by atoms with Gasteiger partial charge < -0.3 is 32.7 Å². The molecule has 1 aliphatic rings. The average Bonchev–Trinajstić information content (AvgIpc) is 2.98. The van der Waals surface area contributed by atoms with Gasteiger partial charge in [0.1, 0.15) is 23.7 Å². The van der Waals surface area contributed by atoms with E-state index in [4.69, 9.17) is 11.5 Å². The maximum atomic E-state index is 13.7. The van der Waals surface area contributed by atoms with Crippen LogP contribution in [0.4, 0.5) is 0 Å². The minimum atomic E-state index is -1.41. The van der Waals surface area contributed by atoms with E-state index >= 15 is 0 Å². The number of guanidine groups is 1. The fraction of sp³-hybridized carbons (Fsp3) is 0.452. The van der Waals surface area contributed by atoms with Crippen molar-refractivity contribution in [2.24, 2.45) is 27.4 Å². The molecule has 1 aliphatic heterocycles. The summed E-state index contributed by atoms with van der Waals surface area (Å²) in [6.45, 7) is 6.88. The summed E-state index contributed by atoms with van der Waals surface area (Å²) in [5.74, 6) is -3.26. The number of nitrogens with zero attached hydrogens (tertiary/aromatic N) is 2. The maximum absolute atomic E-state index is 13.7.